The molecule has 0 spiro atoms. The van der Waals surface area contributed by atoms with Crippen molar-refractivity contribution >= 4 is 28.4 Å². The first-order valence-electron chi connectivity index (χ1n) is 9.35. The fourth-order valence-electron chi connectivity index (χ4n) is 3.61. The number of carbonyl (C=O) groups is 1. The Kier molecular flexibility index (Phi) is 4.71. The quantitative estimate of drug-likeness (QED) is 0.751. The molecule has 1 saturated heterocycles. The molecule has 1 amide bonds. The van der Waals surface area contributed by atoms with E-state index in [4.69, 9.17) is 4.42 Å². The van der Waals surface area contributed by atoms with Gasteiger partial charge in [0.25, 0.3) is 0 Å². The van der Waals surface area contributed by atoms with Crippen LogP contribution in [0.5, 0.6) is 0 Å². The number of carbonyl (C=O) groups excluding carboxylic acids is 1. The number of benzene rings is 2. The van der Waals surface area contributed by atoms with Crippen molar-refractivity contribution in [2.75, 3.05) is 23.3 Å². The fraction of sp³-hybridized carbons (Fsp3) is 0.333. The van der Waals surface area contributed by atoms with E-state index in [0.717, 1.165) is 24.3 Å². The van der Waals surface area contributed by atoms with Gasteiger partial charge in [0.2, 0.25) is 5.91 Å². The third-order valence-corrected chi connectivity index (χ3v) is 5.09. The highest BCUT2D eigenvalue weighted by atomic mass is 16.4. The molecule has 0 unspecified atom stereocenters. The summed E-state index contributed by atoms with van der Waals surface area (Å²) in [4.78, 5) is 26.7. The van der Waals surface area contributed by atoms with E-state index in [1.54, 1.807) is 6.07 Å². The molecule has 1 fully saturated rings. The van der Waals surface area contributed by atoms with E-state index in [9.17, 15) is 9.59 Å². The number of anilines is 2. The van der Waals surface area contributed by atoms with Crippen molar-refractivity contribution in [2.45, 2.75) is 32.7 Å². The lowest BCUT2D eigenvalue weighted by atomic mass is 10.1. The van der Waals surface area contributed by atoms with Crippen LogP contribution in [-0.2, 0) is 11.3 Å². The van der Waals surface area contributed by atoms with Gasteiger partial charge in [-0.05, 0) is 55.7 Å². The molecular formula is C21H23N3O3. The smallest absolute Gasteiger partial charge is 0.408 e. The summed E-state index contributed by atoms with van der Waals surface area (Å²) in [7, 11) is 0. The predicted octanol–water partition coefficient (Wildman–Crippen LogP) is 3.53. The summed E-state index contributed by atoms with van der Waals surface area (Å²) in [6, 6.07) is 13.4. The lowest BCUT2D eigenvalue weighted by Crippen LogP contribution is -2.20. The Hall–Kier alpha value is -3.02. The van der Waals surface area contributed by atoms with Crippen molar-refractivity contribution in [1.29, 1.82) is 0 Å². The van der Waals surface area contributed by atoms with Crippen LogP contribution in [0.15, 0.2) is 51.7 Å². The normalized spacial score (nSPS) is 14.0. The minimum Gasteiger partial charge on any atom is -0.408 e. The highest BCUT2D eigenvalue weighted by molar-refractivity contribution is 5.91. The van der Waals surface area contributed by atoms with Gasteiger partial charge in [-0.1, -0.05) is 12.1 Å². The average Bonchev–Trinajstić information content (AvgIpc) is 3.29. The third-order valence-electron chi connectivity index (χ3n) is 5.09. The van der Waals surface area contributed by atoms with Crippen LogP contribution in [0.3, 0.4) is 0 Å². The Balaban J connectivity index is 1.42. The van der Waals surface area contributed by atoms with Crippen LogP contribution < -0.4 is 16.0 Å². The number of aryl methyl sites for hydroxylation is 2. The maximum atomic E-state index is 12.4. The number of para-hydroxylation sites is 2. The van der Waals surface area contributed by atoms with Gasteiger partial charge in [0.15, 0.2) is 5.58 Å². The van der Waals surface area contributed by atoms with E-state index < -0.39 is 5.76 Å². The van der Waals surface area contributed by atoms with Crippen LogP contribution in [0.1, 0.15) is 24.8 Å². The van der Waals surface area contributed by atoms with Crippen molar-refractivity contribution in [3.63, 3.8) is 0 Å². The molecule has 6 nitrogen and oxygen atoms in total. The lowest BCUT2D eigenvalue weighted by molar-refractivity contribution is -0.116. The van der Waals surface area contributed by atoms with E-state index in [-0.39, 0.29) is 18.9 Å². The molecule has 0 atom stereocenters. The second kappa shape index (κ2) is 7.31. The Morgan fingerprint density at radius 2 is 1.93 bits per heavy atom. The molecular weight excluding hydrogens is 342 g/mol. The molecule has 0 saturated carbocycles. The molecule has 2 heterocycles. The van der Waals surface area contributed by atoms with Gasteiger partial charge in [-0.3, -0.25) is 9.36 Å². The van der Waals surface area contributed by atoms with Gasteiger partial charge in [-0.25, -0.2) is 4.79 Å². The molecule has 3 aromatic rings. The minimum atomic E-state index is -0.435. The number of oxazole rings is 1. The van der Waals surface area contributed by atoms with Crippen molar-refractivity contribution in [3.05, 3.63) is 58.6 Å². The number of fused-ring (bicyclic) bond motifs is 1. The standard InChI is InChI=1S/C21H23N3O3/c1-15-14-16(23-11-4-5-12-23)8-9-17(15)22-20(25)10-13-24-18-6-2-3-7-19(18)27-21(24)26/h2-3,6-9,14H,4-5,10-13H2,1H3,(H,22,25). The molecule has 1 aliphatic heterocycles. The monoisotopic (exact) mass is 365 g/mol. The zero-order valence-electron chi connectivity index (χ0n) is 15.4. The highest BCUT2D eigenvalue weighted by Gasteiger charge is 2.14. The number of rotatable bonds is 5. The second-order valence-electron chi connectivity index (χ2n) is 6.98. The maximum absolute atomic E-state index is 12.4. The number of nitrogens with zero attached hydrogens (tertiary/aromatic N) is 2. The lowest BCUT2D eigenvalue weighted by Gasteiger charge is -2.19. The summed E-state index contributed by atoms with van der Waals surface area (Å²) in [6.07, 6.45) is 2.68. The Bertz CT molecular complexity index is 1030. The summed E-state index contributed by atoms with van der Waals surface area (Å²) in [5.74, 6) is -0.556. The number of nitrogens with one attached hydrogen (secondary N) is 1. The van der Waals surface area contributed by atoms with Crippen LogP contribution in [0.4, 0.5) is 11.4 Å². The van der Waals surface area contributed by atoms with Crippen molar-refractivity contribution in [3.8, 4) is 0 Å². The summed E-state index contributed by atoms with van der Waals surface area (Å²) in [5.41, 5.74) is 4.31. The largest absolute Gasteiger partial charge is 0.419 e. The van der Waals surface area contributed by atoms with Crippen LogP contribution in [0.25, 0.3) is 11.1 Å². The zero-order valence-corrected chi connectivity index (χ0v) is 15.4. The molecule has 0 aliphatic carbocycles. The van der Waals surface area contributed by atoms with Gasteiger partial charge in [-0.15, -0.1) is 0 Å². The molecule has 27 heavy (non-hydrogen) atoms. The number of hydrogen-bond donors (Lipinski definition) is 1. The van der Waals surface area contributed by atoms with Crippen molar-refractivity contribution < 1.29 is 9.21 Å². The van der Waals surface area contributed by atoms with Crippen LogP contribution in [-0.4, -0.2) is 23.6 Å². The van der Waals surface area contributed by atoms with E-state index >= 15 is 0 Å². The molecule has 4 rings (SSSR count). The Labute approximate surface area is 157 Å². The van der Waals surface area contributed by atoms with Gasteiger partial charge in [-0.2, -0.15) is 0 Å². The summed E-state index contributed by atoms with van der Waals surface area (Å²) < 4.78 is 6.70. The van der Waals surface area contributed by atoms with E-state index in [0.29, 0.717) is 11.1 Å². The summed E-state index contributed by atoms with van der Waals surface area (Å²) >= 11 is 0. The SMILES string of the molecule is Cc1cc(N2CCCC2)ccc1NC(=O)CCn1c(=O)oc2ccccc21. The number of aromatic nitrogens is 1. The summed E-state index contributed by atoms with van der Waals surface area (Å²) in [5, 5.41) is 2.95. The van der Waals surface area contributed by atoms with Gasteiger partial charge in [0.1, 0.15) is 0 Å². The van der Waals surface area contributed by atoms with Crippen molar-refractivity contribution in [1.82, 2.24) is 4.57 Å². The molecule has 2 aromatic carbocycles. The van der Waals surface area contributed by atoms with E-state index in [1.807, 2.05) is 31.2 Å². The average molecular weight is 365 g/mol. The third kappa shape index (κ3) is 3.60. The Morgan fingerprint density at radius 3 is 2.70 bits per heavy atom. The van der Waals surface area contributed by atoms with Gasteiger partial charge in [0.05, 0.1) is 5.52 Å². The molecule has 6 heteroatoms. The minimum absolute atomic E-state index is 0.121. The first-order chi connectivity index (χ1) is 13.1. The van der Waals surface area contributed by atoms with Gasteiger partial charge in [0, 0.05) is 37.4 Å². The fourth-order valence-corrected chi connectivity index (χ4v) is 3.61. The molecule has 1 N–H and O–H groups in total. The van der Waals surface area contributed by atoms with Crippen LogP contribution in [0.2, 0.25) is 0 Å². The number of hydrogen-bond acceptors (Lipinski definition) is 4. The van der Waals surface area contributed by atoms with E-state index in [1.165, 1.54) is 23.1 Å². The van der Waals surface area contributed by atoms with Crippen LogP contribution in [0, 0.1) is 6.92 Å². The van der Waals surface area contributed by atoms with Gasteiger partial charge >= 0.3 is 5.76 Å². The zero-order chi connectivity index (χ0) is 18.8. The predicted molar refractivity (Wildman–Crippen MR) is 106 cm³/mol. The van der Waals surface area contributed by atoms with Crippen molar-refractivity contribution in [2.24, 2.45) is 0 Å². The second-order valence-corrected chi connectivity index (χ2v) is 6.98. The van der Waals surface area contributed by atoms with Crippen LogP contribution >= 0.6 is 0 Å². The topological polar surface area (TPSA) is 67.5 Å². The molecule has 1 aliphatic rings. The van der Waals surface area contributed by atoms with E-state index in [2.05, 4.69) is 22.3 Å². The highest BCUT2D eigenvalue weighted by Crippen LogP contribution is 2.25. The molecule has 0 bridgehead atoms. The molecule has 0 radical (unpaired) electrons. The van der Waals surface area contributed by atoms with Gasteiger partial charge < -0.3 is 14.6 Å². The maximum Gasteiger partial charge on any atom is 0.419 e. The first-order valence-corrected chi connectivity index (χ1v) is 9.35. The number of amides is 1. The molecule has 1 aromatic heterocycles. The molecule has 140 valence electrons. The Morgan fingerprint density at radius 1 is 1.15 bits per heavy atom. The summed E-state index contributed by atoms with van der Waals surface area (Å²) in [6.45, 7) is 4.48. The first kappa shape index (κ1) is 17.4.